The molecule has 184 valence electrons. The van der Waals surface area contributed by atoms with Crippen molar-refractivity contribution in [3.05, 3.63) is 76.5 Å². The predicted octanol–water partition coefficient (Wildman–Crippen LogP) is 4.72. The van der Waals surface area contributed by atoms with E-state index in [-0.39, 0.29) is 0 Å². The summed E-state index contributed by atoms with van der Waals surface area (Å²) in [6.07, 6.45) is 6.43. The largest absolute Gasteiger partial charge is 0.328 e. The maximum atomic E-state index is 6.10. The third-order valence-electron chi connectivity index (χ3n) is 6.74. The van der Waals surface area contributed by atoms with Crippen LogP contribution in [0.4, 0.5) is 0 Å². The van der Waals surface area contributed by atoms with Gasteiger partial charge < -0.3 is 10.7 Å². The Labute approximate surface area is 218 Å². The molecule has 0 aliphatic carbocycles. The second-order valence-corrected chi connectivity index (χ2v) is 10.8. The third kappa shape index (κ3) is 4.67. The molecule has 1 saturated heterocycles. The van der Waals surface area contributed by atoms with Gasteiger partial charge in [-0.25, -0.2) is 9.50 Å². The second kappa shape index (κ2) is 9.74. The number of hydrogen-bond acceptors (Lipinski definition) is 7. The number of halogens is 1. The van der Waals surface area contributed by atoms with Crippen LogP contribution in [0.5, 0.6) is 0 Å². The average molecular weight is 519 g/mol. The number of aryl methyl sites for hydroxylation is 1. The summed E-state index contributed by atoms with van der Waals surface area (Å²) in [6, 6.07) is 12.6. The van der Waals surface area contributed by atoms with E-state index in [1.54, 1.807) is 17.7 Å². The lowest BCUT2D eigenvalue weighted by molar-refractivity contribution is 0.205. The predicted molar refractivity (Wildman–Crippen MR) is 143 cm³/mol. The molecule has 1 aliphatic heterocycles. The summed E-state index contributed by atoms with van der Waals surface area (Å²) < 4.78 is 1.95. The number of hydrogen-bond donors (Lipinski definition) is 2. The number of likely N-dealkylation sites (tertiary alicyclic amines) is 1. The van der Waals surface area contributed by atoms with Gasteiger partial charge in [0.15, 0.2) is 5.82 Å². The van der Waals surface area contributed by atoms with Crippen LogP contribution in [0.25, 0.3) is 26.8 Å². The summed E-state index contributed by atoms with van der Waals surface area (Å²) in [6.45, 7) is 5.04. The Morgan fingerprint density at radius 2 is 1.94 bits per heavy atom. The Morgan fingerprint density at radius 1 is 1.14 bits per heavy atom. The number of aromatic amines is 1. The lowest BCUT2D eigenvalue weighted by Gasteiger charge is -2.30. The van der Waals surface area contributed by atoms with Crippen molar-refractivity contribution in [2.45, 2.75) is 38.8 Å². The molecule has 10 heteroatoms. The first-order valence-electron chi connectivity index (χ1n) is 12.1. The zero-order valence-electron chi connectivity index (χ0n) is 20.0. The van der Waals surface area contributed by atoms with Gasteiger partial charge in [0.1, 0.15) is 11.3 Å². The fourth-order valence-electron chi connectivity index (χ4n) is 4.81. The van der Waals surface area contributed by atoms with Gasteiger partial charge in [-0.2, -0.15) is 5.10 Å². The quantitative estimate of drug-likeness (QED) is 0.337. The number of nitrogens with zero attached hydrogens (tertiary/aromatic N) is 6. The van der Waals surface area contributed by atoms with Gasteiger partial charge in [0, 0.05) is 30.2 Å². The molecule has 0 spiro atoms. The molecule has 8 nitrogen and oxygen atoms in total. The van der Waals surface area contributed by atoms with E-state index in [2.05, 4.69) is 38.4 Å². The number of H-pyrrole nitrogens is 1. The molecular formula is C26H27ClN8S. The molecule has 1 fully saturated rings. The van der Waals surface area contributed by atoms with E-state index in [0.717, 1.165) is 81.2 Å². The van der Waals surface area contributed by atoms with Gasteiger partial charge in [-0.15, -0.1) is 21.5 Å². The fourth-order valence-corrected chi connectivity index (χ4v) is 6.08. The van der Waals surface area contributed by atoms with Gasteiger partial charge in [-0.1, -0.05) is 23.7 Å². The Morgan fingerprint density at radius 3 is 2.69 bits per heavy atom. The minimum absolute atomic E-state index is 0.332. The number of fused-ring (bicyclic) bond motifs is 1. The van der Waals surface area contributed by atoms with Crippen LogP contribution < -0.4 is 5.73 Å². The first-order valence-corrected chi connectivity index (χ1v) is 13.3. The van der Waals surface area contributed by atoms with Crippen LogP contribution in [0.3, 0.4) is 0 Å². The van der Waals surface area contributed by atoms with Crippen LogP contribution in [0, 0.1) is 6.92 Å². The molecule has 5 heterocycles. The summed E-state index contributed by atoms with van der Waals surface area (Å²) in [4.78, 5) is 11.7. The molecule has 1 aromatic carbocycles. The van der Waals surface area contributed by atoms with Crippen molar-refractivity contribution in [3.63, 3.8) is 0 Å². The molecule has 36 heavy (non-hydrogen) atoms. The molecule has 0 unspecified atom stereocenters. The lowest BCUT2D eigenvalue weighted by Crippen LogP contribution is -2.39. The molecular weight excluding hydrogens is 492 g/mol. The first-order chi connectivity index (χ1) is 17.5. The molecule has 5 aromatic rings. The van der Waals surface area contributed by atoms with Crippen molar-refractivity contribution in [3.8, 4) is 21.3 Å². The van der Waals surface area contributed by atoms with E-state index in [0.29, 0.717) is 12.5 Å². The fraction of sp³-hybridized carbons (Fsp3) is 0.308. The summed E-state index contributed by atoms with van der Waals surface area (Å²) in [5.74, 6) is 0.723. The number of piperidine rings is 1. The Balaban J connectivity index is 1.38. The Kier molecular flexibility index (Phi) is 6.30. The van der Waals surface area contributed by atoms with Crippen molar-refractivity contribution < 1.29 is 0 Å². The number of aromatic nitrogens is 6. The number of rotatable bonds is 6. The number of thiazole rings is 1. The second-order valence-electron chi connectivity index (χ2n) is 9.37. The highest BCUT2D eigenvalue weighted by atomic mass is 35.5. The van der Waals surface area contributed by atoms with E-state index < -0.39 is 0 Å². The highest BCUT2D eigenvalue weighted by molar-refractivity contribution is 7.18. The molecule has 0 radical (unpaired) electrons. The maximum Gasteiger partial charge on any atom is 0.173 e. The van der Waals surface area contributed by atoms with Gasteiger partial charge in [0.05, 0.1) is 27.3 Å². The molecule has 4 aromatic heterocycles. The van der Waals surface area contributed by atoms with Gasteiger partial charge in [-0.3, -0.25) is 4.90 Å². The number of nitrogens with one attached hydrogen (secondary N) is 1. The van der Waals surface area contributed by atoms with E-state index in [1.165, 1.54) is 5.56 Å². The molecule has 0 amide bonds. The molecule has 6 rings (SSSR count). The summed E-state index contributed by atoms with van der Waals surface area (Å²) >= 11 is 7.72. The highest BCUT2D eigenvalue weighted by Gasteiger charge is 2.22. The van der Waals surface area contributed by atoms with Crippen molar-refractivity contribution >= 4 is 28.5 Å². The SMILES string of the molecule is Cc1nn2ccc(CN3CCC(N)CC3)cc2c1-c1nc(Cc2ccc(Cl)cc2)c(-c2nnc[nH]2)s1. The maximum absolute atomic E-state index is 6.10. The standard InChI is InChI=1S/C26H27ClN8S/c1-16-23(22-13-18(6-11-35(22)33-16)14-34-9-7-20(28)8-10-34)26-31-21(12-17-2-4-19(27)5-3-17)24(36-26)25-29-15-30-32-25/h2-6,11,13,15,20H,7-10,12,14,28H2,1H3,(H,29,30,32). The zero-order chi connectivity index (χ0) is 24.6. The number of nitrogens with two attached hydrogens (primary N) is 1. The van der Waals surface area contributed by atoms with Crippen molar-refractivity contribution in [2.24, 2.45) is 5.73 Å². The summed E-state index contributed by atoms with van der Waals surface area (Å²) in [5, 5.41) is 14.7. The summed E-state index contributed by atoms with van der Waals surface area (Å²) in [5.41, 5.74) is 12.5. The van der Waals surface area contributed by atoms with Crippen LogP contribution in [-0.2, 0) is 13.0 Å². The van der Waals surface area contributed by atoms with Crippen LogP contribution >= 0.6 is 22.9 Å². The van der Waals surface area contributed by atoms with Gasteiger partial charge in [0.2, 0.25) is 0 Å². The monoisotopic (exact) mass is 518 g/mol. The molecule has 0 bridgehead atoms. The topological polar surface area (TPSA) is 101 Å². The van der Waals surface area contributed by atoms with Gasteiger partial charge in [-0.05, 0) is 68.2 Å². The van der Waals surface area contributed by atoms with E-state index in [1.807, 2.05) is 35.7 Å². The Hall–Kier alpha value is -3.11. The normalized spacial score (nSPS) is 15.2. The molecule has 3 N–H and O–H groups in total. The molecule has 1 aliphatic rings. The zero-order valence-corrected chi connectivity index (χ0v) is 21.6. The van der Waals surface area contributed by atoms with Gasteiger partial charge in [0.25, 0.3) is 0 Å². The van der Waals surface area contributed by atoms with Crippen molar-refractivity contribution in [1.82, 2.24) is 34.7 Å². The number of benzene rings is 1. The van der Waals surface area contributed by atoms with E-state index >= 15 is 0 Å². The highest BCUT2D eigenvalue weighted by Crippen LogP contribution is 2.38. The van der Waals surface area contributed by atoms with Gasteiger partial charge >= 0.3 is 0 Å². The third-order valence-corrected chi connectivity index (χ3v) is 8.11. The average Bonchev–Trinajstić information content (AvgIpc) is 3.60. The van der Waals surface area contributed by atoms with Crippen molar-refractivity contribution in [2.75, 3.05) is 13.1 Å². The lowest BCUT2D eigenvalue weighted by atomic mass is 10.1. The smallest absolute Gasteiger partial charge is 0.173 e. The molecule has 0 atom stereocenters. The van der Waals surface area contributed by atoms with Crippen LogP contribution in [0.2, 0.25) is 5.02 Å². The minimum Gasteiger partial charge on any atom is -0.328 e. The molecule has 0 saturated carbocycles. The number of pyridine rings is 1. The van der Waals surface area contributed by atoms with E-state index in [9.17, 15) is 0 Å². The van der Waals surface area contributed by atoms with Crippen LogP contribution in [0.1, 0.15) is 35.4 Å². The minimum atomic E-state index is 0.332. The van der Waals surface area contributed by atoms with Crippen LogP contribution in [-0.4, -0.2) is 53.8 Å². The first kappa shape index (κ1) is 23.3. The van der Waals surface area contributed by atoms with Crippen LogP contribution in [0.15, 0.2) is 48.9 Å². The summed E-state index contributed by atoms with van der Waals surface area (Å²) in [7, 11) is 0. The Bertz CT molecular complexity index is 1480. The van der Waals surface area contributed by atoms with E-state index in [4.69, 9.17) is 27.4 Å². The van der Waals surface area contributed by atoms with Crippen molar-refractivity contribution in [1.29, 1.82) is 0 Å².